The molecule has 0 saturated carbocycles. The normalized spacial score (nSPS) is 15.6. The van der Waals surface area contributed by atoms with E-state index in [-0.39, 0.29) is 0 Å². The molecule has 2 rings (SSSR count). The molecule has 0 aromatic heterocycles. The second-order valence-electron chi connectivity index (χ2n) is 6.76. The number of para-hydroxylation sites is 1. The summed E-state index contributed by atoms with van der Waals surface area (Å²) < 4.78 is 5.39. The maximum atomic E-state index is 5.39. The number of aliphatic imine (C=N–C) groups is 1. The lowest BCUT2D eigenvalue weighted by molar-refractivity contribution is 0.0376. The highest BCUT2D eigenvalue weighted by molar-refractivity contribution is 5.79. The first-order chi connectivity index (χ1) is 13.3. The van der Waals surface area contributed by atoms with Gasteiger partial charge in [0.2, 0.25) is 0 Å². The van der Waals surface area contributed by atoms with Gasteiger partial charge in [-0.25, -0.2) is 0 Å². The van der Waals surface area contributed by atoms with Crippen LogP contribution in [0.3, 0.4) is 0 Å². The second-order valence-corrected chi connectivity index (χ2v) is 6.76. The summed E-state index contributed by atoms with van der Waals surface area (Å²) in [6.45, 7) is 14.0. The summed E-state index contributed by atoms with van der Waals surface area (Å²) in [5.41, 5.74) is 1.29. The number of rotatable bonds is 11. The Bertz CT molecular complexity index is 517. The molecule has 1 aromatic carbocycles. The van der Waals surface area contributed by atoms with Crippen LogP contribution >= 0.6 is 0 Å². The monoisotopic (exact) mass is 375 g/mol. The van der Waals surface area contributed by atoms with E-state index in [4.69, 9.17) is 9.73 Å². The molecule has 2 N–H and O–H groups in total. The summed E-state index contributed by atoms with van der Waals surface area (Å²) >= 11 is 0. The quantitative estimate of drug-likeness (QED) is 0.353. The van der Waals surface area contributed by atoms with Crippen molar-refractivity contribution in [1.29, 1.82) is 0 Å². The van der Waals surface area contributed by atoms with Crippen LogP contribution in [0.15, 0.2) is 35.3 Å². The van der Waals surface area contributed by atoms with Gasteiger partial charge in [0.15, 0.2) is 5.96 Å². The van der Waals surface area contributed by atoms with Crippen molar-refractivity contribution in [2.75, 3.05) is 70.5 Å². The number of ether oxygens (including phenoxy) is 1. The average molecular weight is 376 g/mol. The van der Waals surface area contributed by atoms with Crippen molar-refractivity contribution in [3.63, 3.8) is 0 Å². The molecule has 1 heterocycles. The van der Waals surface area contributed by atoms with Gasteiger partial charge in [-0.3, -0.25) is 9.89 Å². The molecule has 0 spiro atoms. The van der Waals surface area contributed by atoms with Gasteiger partial charge in [0.1, 0.15) is 0 Å². The molecule has 27 heavy (non-hydrogen) atoms. The highest BCUT2D eigenvalue weighted by Gasteiger charge is 2.09. The minimum absolute atomic E-state index is 0.835. The van der Waals surface area contributed by atoms with Crippen molar-refractivity contribution in [3.8, 4) is 0 Å². The fourth-order valence-corrected chi connectivity index (χ4v) is 3.24. The first-order valence-corrected chi connectivity index (χ1v) is 10.5. The number of anilines is 1. The summed E-state index contributed by atoms with van der Waals surface area (Å²) in [6, 6.07) is 10.6. The van der Waals surface area contributed by atoms with Crippen LogP contribution in [-0.4, -0.2) is 76.4 Å². The van der Waals surface area contributed by atoms with Crippen LogP contribution in [0.25, 0.3) is 0 Å². The Morgan fingerprint density at radius 3 is 2.59 bits per heavy atom. The van der Waals surface area contributed by atoms with Gasteiger partial charge < -0.3 is 20.3 Å². The maximum absolute atomic E-state index is 5.39. The Kier molecular flexibility index (Phi) is 10.7. The van der Waals surface area contributed by atoms with E-state index in [1.165, 1.54) is 5.69 Å². The highest BCUT2D eigenvalue weighted by Crippen LogP contribution is 2.12. The first-order valence-electron chi connectivity index (χ1n) is 10.5. The lowest BCUT2D eigenvalue weighted by Crippen LogP contribution is -2.40. The van der Waals surface area contributed by atoms with Crippen LogP contribution in [0.1, 0.15) is 26.7 Å². The molecule has 1 aliphatic rings. The number of nitrogens with one attached hydrogen (secondary N) is 2. The van der Waals surface area contributed by atoms with Gasteiger partial charge in [-0.15, -0.1) is 0 Å². The molecule has 0 radical (unpaired) electrons. The maximum Gasteiger partial charge on any atom is 0.191 e. The van der Waals surface area contributed by atoms with E-state index in [0.717, 1.165) is 84.4 Å². The zero-order valence-electron chi connectivity index (χ0n) is 17.1. The lowest BCUT2D eigenvalue weighted by Gasteiger charge is -2.26. The molecule has 0 amide bonds. The number of hydrogen-bond donors (Lipinski definition) is 2. The molecule has 0 bridgehead atoms. The predicted octanol–water partition coefficient (Wildman–Crippen LogP) is 2.18. The number of guanidine groups is 1. The largest absolute Gasteiger partial charge is 0.379 e. The van der Waals surface area contributed by atoms with Crippen LogP contribution in [-0.2, 0) is 4.74 Å². The van der Waals surface area contributed by atoms with Gasteiger partial charge in [0.25, 0.3) is 0 Å². The van der Waals surface area contributed by atoms with Gasteiger partial charge in [0, 0.05) is 51.5 Å². The molecule has 1 aromatic rings. The van der Waals surface area contributed by atoms with Crippen LogP contribution in [0, 0.1) is 0 Å². The number of nitrogens with zero attached hydrogens (tertiary/aromatic N) is 3. The minimum atomic E-state index is 0.835. The summed E-state index contributed by atoms with van der Waals surface area (Å²) in [5, 5.41) is 6.81. The standard InChI is InChI=1S/C21H37N5O/c1-3-22-21(23-12-8-14-25-16-18-27-19-17-25)24-13-9-15-26(4-2)20-10-6-5-7-11-20/h5-7,10-11H,3-4,8-9,12-19H2,1-2H3,(H2,22,23,24). The molecular formula is C21H37N5O. The minimum Gasteiger partial charge on any atom is -0.379 e. The van der Waals surface area contributed by atoms with Gasteiger partial charge in [-0.1, -0.05) is 18.2 Å². The van der Waals surface area contributed by atoms with E-state index in [1.54, 1.807) is 0 Å². The van der Waals surface area contributed by atoms with Crippen molar-refractivity contribution in [2.24, 2.45) is 4.99 Å². The summed E-state index contributed by atoms with van der Waals surface area (Å²) in [7, 11) is 0. The van der Waals surface area contributed by atoms with Crippen molar-refractivity contribution in [2.45, 2.75) is 26.7 Å². The van der Waals surface area contributed by atoms with E-state index < -0.39 is 0 Å². The van der Waals surface area contributed by atoms with Crippen LogP contribution in [0.5, 0.6) is 0 Å². The molecule has 0 atom stereocenters. The average Bonchev–Trinajstić information content (AvgIpc) is 2.72. The smallest absolute Gasteiger partial charge is 0.191 e. The van der Waals surface area contributed by atoms with Crippen molar-refractivity contribution in [3.05, 3.63) is 30.3 Å². The van der Waals surface area contributed by atoms with E-state index in [2.05, 4.69) is 64.6 Å². The van der Waals surface area contributed by atoms with E-state index in [1.807, 2.05) is 0 Å². The number of benzene rings is 1. The van der Waals surface area contributed by atoms with Gasteiger partial charge >= 0.3 is 0 Å². The zero-order valence-corrected chi connectivity index (χ0v) is 17.1. The Labute approximate surface area is 165 Å². The van der Waals surface area contributed by atoms with Gasteiger partial charge in [0.05, 0.1) is 13.2 Å². The SMILES string of the molecule is CCNC(=NCCCN(CC)c1ccccc1)NCCCN1CCOCC1. The number of morpholine rings is 1. The molecule has 1 aliphatic heterocycles. The van der Waals surface area contributed by atoms with E-state index in [9.17, 15) is 0 Å². The third-order valence-corrected chi connectivity index (χ3v) is 4.75. The van der Waals surface area contributed by atoms with Crippen LogP contribution in [0.2, 0.25) is 0 Å². The Hall–Kier alpha value is -1.79. The molecule has 6 heteroatoms. The third-order valence-electron chi connectivity index (χ3n) is 4.75. The van der Waals surface area contributed by atoms with Crippen molar-refractivity contribution >= 4 is 11.6 Å². The molecule has 0 aliphatic carbocycles. The second kappa shape index (κ2) is 13.4. The fourth-order valence-electron chi connectivity index (χ4n) is 3.24. The highest BCUT2D eigenvalue weighted by atomic mass is 16.5. The number of hydrogen-bond acceptors (Lipinski definition) is 4. The summed E-state index contributed by atoms with van der Waals surface area (Å²) in [4.78, 5) is 9.60. The first kappa shape index (κ1) is 21.5. The van der Waals surface area contributed by atoms with Crippen LogP contribution in [0.4, 0.5) is 5.69 Å². The third kappa shape index (κ3) is 8.63. The Balaban J connectivity index is 1.66. The van der Waals surface area contributed by atoms with Crippen molar-refractivity contribution in [1.82, 2.24) is 15.5 Å². The Morgan fingerprint density at radius 1 is 1.11 bits per heavy atom. The van der Waals surface area contributed by atoms with Gasteiger partial charge in [-0.05, 0) is 45.4 Å². The van der Waals surface area contributed by atoms with Crippen LogP contribution < -0.4 is 15.5 Å². The molecule has 6 nitrogen and oxygen atoms in total. The zero-order chi connectivity index (χ0) is 19.2. The fraction of sp³-hybridized carbons (Fsp3) is 0.667. The van der Waals surface area contributed by atoms with E-state index in [0.29, 0.717) is 0 Å². The Morgan fingerprint density at radius 2 is 1.89 bits per heavy atom. The predicted molar refractivity (Wildman–Crippen MR) is 115 cm³/mol. The van der Waals surface area contributed by atoms with Gasteiger partial charge in [-0.2, -0.15) is 0 Å². The molecule has 1 saturated heterocycles. The molecule has 0 unspecified atom stereocenters. The van der Waals surface area contributed by atoms with Crippen molar-refractivity contribution < 1.29 is 4.74 Å². The van der Waals surface area contributed by atoms with E-state index >= 15 is 0 Å². The lowest BCUT2D eigenvalue weighted by atomic mass is 10.2. The molecule has 152 valence electrons. The molecule has 1 fully saturated rings. The summed E-state index contributed by atoms with van der Waals surface area (Å²) in [6.07, 6.45) is 2.18. The summed E-state index contributed by atoms with van der Waals surface area (Å²) in [5.74, 6) is 0.933. The molecular weight excluding hydrogens is 338 g/mol. The topological polar surface area (TPSA) is 52.1 Å².